The van der Waals surface area contributed by atoms with E-state index in [2.05, 4.69) is 10.2 Å². The highest BCUT2D eigenvalue weighted by molar-refractivity contribution is 6.67. The number of benzene rings is 1. The Morgan fingerprint density at radius 2 is 2.33 bits per heavy atom. The van der Waals surface area contributed by atoms with Crippen LogP contribution in [-0.4, -0.2) is 15.4 Å². The molecule has 0 amide bonds. The van der Waals surface area contributed by atoms with Gasteiger partial charge in [0.15, 0.2) is 0 Å². The van der Waals surface area contributed by atoms with Crippen molar-refractivity contribution in [3.63, 3.8) is 0 Å². The standard InChI is InChI=1S/C8H5ClN2O/c9-8(12)5-1-2-7-6(3-5)4-10-11-7/h1-4H,(H,10,11). The zero-order valence-corrected chi connectivity index (χ0v) is 6.80. The van der Waals surface area contributed by atoms with Crippen LogP contribution in [0.1, 0.15) is 10.4 Å². The second-order valence-corrected chi connectivity index (χ2v) is 2.79. The molecule has 0 spiro atoms. The summed E-state index contributed by atoms with van der Waals surface area (Å²) in [7, 11) is 0. The van der Waals surface area contributed by atoms with Gasteiger partial charge >= 0.3 is 0 Å². The highest BCUT2D eigenvalue weighted by atomic mass is 35.5. The molecule has 3 nitrogen and oxygen atoms in total. The molecule has 1 aromatic heterocycles. The lowest BCUT2D eigenvalue weighted by molar-refractivity contribution is 0.108. The lowest BCUT2D eigenvalue weighted by atomic mass is 10.2. The number of H-pyrrole nitrogens is 1. The van der Waals surface area contributed by atoms with Gasteiger partial charge in [-0.2, -0.15) is 5.10 Å². The van der Waals surface area contributed by atoms with Crippen LogP contribution in [0.4, 0.5) is 0 Å². The summed E-state index contributed by atoms with van der Waals surface area (Å²) in [5.74, 6) is 0. The van der Waals surface area contributed by atoms with Crippen LogP contribution in [0, 0.1) is 0 Å². The van der Waals surface area contributed by atoms with E-state index >= 15 is 0 Å². The van der Waals surface area contributed by atoms with Gasteiger partial charge in [0.25, 0.3) is 5.24 Å². The van der Waals surface area contributed by atoms with E-state index in [9.17, 15) is 4.79 Å². The van der Waals surface area contributed by atoms with Gasteiger partial charge in [-0.05, 0) is 29.8 Å². The van der Waals surface area contributed by atoms with Gasteiger partial charge in [-0.25, -0.2) is 0 Å². The number of aromatic nitrogens is 2. The van der Waals surface area contributed by atoms with Crippen molar-refractivity contribution in [1.29, 1.82) is 0 Å². The summed E-state index contributed by atoms with van der Waals surface area (Å²) in [6, 6.07) is 5.14. The van der Waals surface area contributed by atoms with Crippen molar-refractivity contribution in [2.24, 2.45) is 0 Å². The summed E-state index contributed by atoms with van der Waals surface area (Å²) >= 11 is 5.30. The fourth-order valence-corrected chi connectivity index (χ4v) is 1.18. The third kappa shape index (κ3) is 1.08. The number of fused-ring (bicyclic) bond motifs is 1. The fraction of sp³-hybridized carbons (Fsp3) is 0. The molecule has 0 fully saturated rings. The van der Waals surface area contributed by atoms with E-state index in [1.165, 1.54) is 0 Å². The van der Waals surface area contributed by atoms with Gasteiger partial charge in [0, 0.05) is 10.9 Å². The molecule has 60 valence electrons. The maximum atomic E-state index is 10.7. The van der Waals surface area contributed by atoms with Crippen LogP contribution in [0.5, 0.6) is 0 Å². The summed E-state index contributed by atoms with van der Waals surface area (Å²) in [4.78, 5) is 10.7. The molecular formula is C8H5ClN2O. The first-order valence-corrected chi connectivity index (χ1v) is 3.78. The first-order chi connectivity index (χ1) is 5.77. The summed E-state index contributed by atoms with van der Waals surface area (Å²) in [6.45, 7) is 0. The third-order valence-corrected chi connectivity index (χ3v) is 1.89. The maximum absolute atomic E-state index is 10.7. The molecule has 2 aromatic rings. The number of hydrogen-bond donors (Lipinski definition) is 1. The SMILES string of the molecule is O=C(Cl)c1ccc2[nH]ncc2c1. The maximum Gasteiger partial charge on any atom is 0.252 e. The van der Waals surface area contributed by atoms with Crippen LogP contribution < -0.4 is 0 Å². The van der Waals surface area contributed by atoms with Gasteiger partial charge in [-0.15, -0.1) is 0 Å². The average Bonchev–Trinajstić information content (AvgIpc) is 2.49. The fourth-order valence-electron chi connectivity index (χ4n) is 1.06. The normalized spacial score (nSPS) is 10.4. The Morgan fingerprint density at radius 1 is 1.50 bits per heavy atom. The second kappa shape index (κ2) is 2.60. The molecule has 0 aliphatic heterocycles. The van der Waals surface area contributed by atoms with Crippen LogP contribution in [0.15, 0.2) is 24.4 Å². The molecule has 0 bridgehead atoms. The number of halogens is 1. The van der Waals surface area contributed by atoms with Gasteiger partial charge in [-0.1, -0.05) is 0 Å². The quantitative estimate of drug-likeness (QED) is 0.682. The highest BCUT2D eigenvalue weighted by Crippen LogP contribution is 2.13. The van der Waals surface area contributed by atoms with E-state index in [-0.39, 0.29) is 0 Å². The molecule has 4 heteroatoms. The monoisotopic (exact) mass is 180 g/mol. The van der Waals surface area contributed by atoms with Crippen LogP contribution in [-0.2, 0) is 0 Å². The minimum Gasteiger partial charge on any atom is -0.278 e. The number of hydrogen-bond acceptors (Lipinski definition) is 2. The van der Waals surface area contributed by atoms with Gasteiger partial charge in [0.1, 0.15) is 0 Å². The Bertz CT molecular complexity index is 435. The molecule has 0 radical (unpaired) electrons. The van der Waals surface area contributed by atoms with Gasteiger partial charge in [0.05, 0.1) is 11.7 Å². The lowest BCUT2D eigenvalue weighted by Crippen LogP contribution is -1.86. The van der Waals surface area contributed by atoms with Crippen LogP contribution >= 0.6 is 11.6 Å². The van der Waals surface area contributed by atoms with E-state index in [0.29, 0.717) is 5.56 Å². The number of nitrogens with zero attached hydrogens (tertiary/aromatic N) is 1. The molecule has 1 aromatic carbocycles. The Labute approximate surface area is 73.3 Å². The molecule has 1 N–H and O–H groups in total. The largest absolute Gasteiger partial charge is 0.278 e. The molecule has 0 atom stereocenters. The van der Waals surface area contributed by atoms with Crippen molar-refractivity contribution in [3.8, 4) is 0 Å². The Hall–Kier alpha value is -1.35. The first kappa shape index (κ1) is 7.31. The average molecular weight is 181 g/mol. The molecule has 0 unspecified atom stereocenters. The van der Waals surface area contributed by atoms with Crippen molar-refractivity contribution >= 4 is 27.7 Å². The zero-order valence-electron chi connectivity index (χ0n) is 6.04. The van der Waals surface area contributed by atoms with Crippen molar-refractivity contribution in [2.75, 3.05) is 0 Å². The predicted octanol–water partition coefficient (Wildman–Crippen LogP) is 1.94. The Kier molecular flexibility index (Phi) is 1.59. The van der Waals surface area contributed by atoms with Crippen LogP contribution in [0.2, 0.25) is 0 Å². The molecule has 0 aliphatic rings. The van der Waals surface area contributed by atoms with E-state index in [0.717, 1.165) is 10.9 Å². The number of carbonyl (C=O) groups excluding carboxylic acids is 1. The van der Waals surface area contributed by atoms with Crippen molar-refractivity contribution in [2.45, 2.75) is 0 Å². The van der Waals surface area contributed by atoms with Crippen molar-refractivity contribution in [3.05, 3.63) is 30.0 Å². The van der Waals surface area contributed by atoms with Gasteiger partial charge in [0.2, 0.25) is 0 Å². The molecule has 0 aliphatic carbocycles. The molecule has 0 saturated heterocycles. The summed E-state index contributed by atoms with van der Waals surface area (Å²) in [6.07, 6.45) is 1.65. The predicted molar refractivity (Wildman–Crippen MR) is 46.3 cm³/mol. The molecule has 2 rings (SSSR count). The molecule has 0 saturated carbocycles. The smallest absolute Gasteiger partial charge is 0.252 e. The highest BCUT2D eigenvalue weighted by Gasteiger charge is 2.02. The van der Waals surface area contributed by atoms with E-state index in [1.807, 2.05) is 0 Å². The van der Waals surface area contributed by atoms with Gasteiger partial charge < -0.3 is 0 Å². The Morgan fingerprint density at radius 3 is 3.08 bits per heavy atom. The minimum atomic E-state index is -0.446. The zero-order chi connectivity index (χ0) is 8.55. The number of rotatable bonds is 1. The van der Waals surface area contributed by atoms with E-state index < -0.39 is 5.24 Å². The molecule has 12 heavy (non-hydrogen) atoms. The first-order valence-electron chi connectivity index (χ1n) is 3.40. The number of carbonyl (C=O) groups is 1. The summed E-state index contributed by atoms with van der Waals surface area (Å²) in [5, 5.41) is 7.05. The third-order valence-electron chi connectivity index (χ3n) is 1.67. The van der Waals surface area contributed by atoms with Gasteiger partial charge in [-0.3, -0.25) is 9.89 Å². The number of nitrogens with one attached hydrogen (secondary N) is 1. The summed E-state index contributed by atoms with van der Waals surface area (Å²) < 4.78 is 0. The van der Waals surface area contributed by atoms with Crippen LogP contribution in [0.3, 0.4) is 0 Å². The second-order valence-electron chi connectivity index (χ2n) is 2.45. The topological polar surface area (TPSA) is 45.8 Å². The minimum absolute atomic E-state index is 0.446. The van der Waals surface area contributed by atoms with Crippen LogP contribution in [0.25, 0.3) is 10.9 Å². The Balaban J connectivity index is 2.68. The van der Waals surface area contributed by atoms with Crippen molar-refractivity contribution in [1.82, 2.24) is 10.2 Å². The number of aromatic amines is 1. The lowest BCUT2D eigenvalue weighted by Gasteiger charge is -1.91. The molecular weight excluding hydrogens is 176 g/mol. The van der Waals surface area contributed by atoms with E-state index in [1.54, 1.807) is 24.4 Å². The molecule has 1 heterocycles. The summed E-state index contributed by atoms with van der Waals surface area (Å²) in [5.41, 5.74) is 1.39. The van der Waals surface area contributed by atoms with Crippen molar-refractivity contribution < 1.29 is 4.79 Å². The van der Waals surface area contributed by atoms with E-state index in [4.69, 9.17) is 11.6 Å².